The first-order valence-corrected chi connectivity index (χ1v) is 16.3. The number of anilines is 1. The first-order valence-electron chi connectivity index (χ1n) is 16.3. The third-order valence-electron chi connectivity index (χ3n) is 9.68. The van der Waals surface area contributed by atoms with Crippen LogP contribution in [-0.2, 0) is 20.8 Å². The molecule has 5 rings (SSSR count). The largest absolute Gasteiger partial charge is 0.493 e. The van der Waals surface area contributed by atoms with Crippen molar-refractivity contribution < 1.29 is 28.6 Å². The number of halogens is 1. The lowest BCUT2D eigenvalue weighted by Crippen LogP contribution is -2.48. The SMILES string of the molecule is CCCC(CCC)N(C(=O)CN1C[C@H](c2ccc3c(c2)CCO3)[C@@H](C(=O)O)[C@@H]1CCN1CCCC1=O)c1ccc(F)c(C)c1. The van der Waals surface area contributed by atoms with E-state index in [0.29, 0.717) is 50.3 Å². The number of benzene rings is 2. The molecule has 1 N–H and O–H groups in total. The van der Waals surface area contributed by atoms with E-state index in [1.165, 1.54) is 6.07 Å². The Labute approximate surface area is 260 Å². The number of hydrogen-bond donors (Lipinski definition) is 1. The van der Waals surface area contributed by atoms with Gasteiger partial charge in [0, 0.05) is 56.2 Å². The molecule has 238 valence electrons. The number of hydrogen-bond acceptors (Lipinski definition) is 5. The van der Waals surface area contributed by atoms with Crippen LogP contribution in [0.25, 0.3) is 0 Å². The molecular weight excluding hydrogens is 561 g/mol. The minimum Gasteiger partial charge on any atom is -0.493 e. The van der Waals surface area contributed by atoms with Gasteiger partial charge in [0.15, 0.2) is 0 Å². The van der Waals surface area contributed by atoms with Crippen molar-refractivity contribution in [3.8, 4) is 5.75 Å². The van der Waals surface area contributed by atoms with Crippen molar-refractivity contribution in [2.45, 2.75) is 90.1 Å². The Kier molecular flexibility index (Phi) is 10.2. The zero-order valence-electron chi connectivity index (χ0n) is 26.3. The van der Waals surface area contributed by atoms with Crippen molar-refractivity contribution in [2.75, 3.05) is 37.7 Å². The maximum Gasteiger partial charge on any atom is 0.308 e. The second-order valence-corrected chi connectivity index (χ2v) is 12.6. The van der Waals surface area contributed by atoms with Crippen molar-refractivity contribution in [1.29, 1.82) is 0 Å². The Bertz CT molecular complexity index is 1360. The number of likely N-dealkylation sites (tertiary alicyclic amines) is 2. The van der Waals surface area contributed by atoms with Gasteiger partial charge in [-0.2, -0.15) is 0 Å². The van der Waals surface area contributed by atoms with Gasteiger partial charge in [0.05, 0.1) is 19.1 Å². The summed E-state index contributed by atoms with van der Waals surface area (Å²) in [5, 5.41) is 10.6. The number of aliphatic carboxylic acids is 1. The standard InChI is InChI=1S/C35H46FN3O5/c1-4-7-26(8-5-2)39(27-11-12-29(36)23(3)19-27)33(41)22-38-21-28(24-10-13-31-25(20-24)15-18-44-31)34(35(42)43)30(38)14-17-37-16-6-9-32(37)40/h10-13,19-20,26,28,30,34H,4-9,14-18,21-22H2,1-3H3,(H,42,43)/t28-,30+,34-/m1/s1. The van der Waals surface area contributed by atoms with Crippen molar-refractivity contribution in [1.82, 2.24) is 9.80 Å². The van der Waals surface area contributed by atoms with E-state index >= 15 is 0 Å². The van der Waals surface area contributed by atoms with E-state index in [-0.39, 0.29) is 36.1 Å². The smallest absolute Gasteiger partial charge is 0.308 e. The molecular formula is C35H46FN3O5. The van der Waals surface area contributed by atoms with Gasteiger partial charge in [-0.15, -0.1) is 0 Å². The summed E-state index contributed by atoms with van der Waals surface area (Å²) in [5.41, 5.74) is 3.18. The molecule has 9 heteroatoms. The summed E-state index contributed by atoms with van der Waals surface area (Å²) in [6, 6.07) is 10.3. The quantitative estimate of drug-likeness (QED) is 0.321. The van der Waals surface area contributed by atoms with Gasteiger partial charge in [-0.1, -0.05) is 38.8 Å². The number of rotatable bonds is 13. The molecule has 2 amide bonds. The van der Waals surface area contributed by atoms with Gasteiger partial charge >= 0.3 is 5.97 Å². The number of carboxylic acids is 1. The highest BCUT2D eigenvalue weighted by molar-refractivity contribution is 5.95. The third kappa shape index (κ3) is 6.77. The van der Waals surface area contributed by atoms with Gasteiger partial charge in [0.2, 0.25) is 11.8 Å². The highest BCUT2D eigenvalue weighted by Crippen LogP contribution is 2.41. The number of carbonyl (C=O) groups is 3. The molecule has 2 aromatic rings. The van der Waals surface area contributed by atoms with Gasteiger partial charge in [-0.25, -0.2) is 4.39 Å². The first-order chi connectivity index (χ1) is 21.2. The maximum atomic E-state index is 14.4. The van der Waals surface area contributed by atoms with E-state index < -0.39 is 17.9 Å². The minimum atomic E-state index is -0.889. The van der Waals surface area contributed by atoms with E-state index in [2.05, 4.69) is 19.9 Å². The van der Waals surface area contributed by atoms with Crippen LogP contribution in [0.2, 0.25) is 0 Å². The average Bonchev–Trinajstić information content (AvgIpc) is 3.72. The fourth-order valence-electron chi connectivity index (χ4n) is 7.51. The van der Waals surface area contributed by atoms with Gasteiger partial charge < -0.3 is 19.6 Å². The van der Waals surface area contributed by atoms with Crippen LogP contribution in [0, 0.1) is 18.7 Å². The summed E-state index contributed by atoms with van der Waals surface area (Å²) in [4.78, 5) is 45.5. The Hall–Kier alpha value is -3.46. The lowest BCUT2D eigenvalue weighted by Gasteiger charge is -2.35. The topological polar surface area (TPSA) is 90.4 Å². The van der Waals surface area contributed by atoms with Crippen LogP contribution in [0.15, 0.2) is 36.4 Å². The van der Waals surface area contributed by atoms with Crippen LogP contribution < -0.4 is 9.64 Å². The first kappa shape index (κ1) is 31.9. The Morgan fingerprint density at radius 3 is 2.55 bits per heavy atom. The number of aryl methyl sites for hydroxylation is 1. The van der Waals surface area contributed by atoms with Crippen LogP contribution in [-0.4, -0.2) is 77.6 Å². The highest BCUT2D eigenvalue weighted by atomic mass is 19.1. The number of fused-ring (bicyclic) bond motifs is 1. The summed E-state index contributed by atoms with van der Waals surface area (Å²) in [7, 11) is 0. The number of nitrogens with zero attached hydrogens (tertiary/aromatic N) is 3. The van der Waals surface area contributed by atoms with Gasteiger partial charge in [0.25, 0.3) is 0 Å². The van der Waals surface area contributed by atoms with E-state index in [4.69, 9.17) is 4.74 Å². The predicted molar refractivity (Wildman–Crippen MR) is 168 cm³/mol. The maximum absolute atomic E-state index is 14.4. The molecule has 0 aromatic heterocycles. The van der Waals surface area contributed by atoms with Gasteiger partial charge in [-0.05, 0) is 73.6 Å². The fourth-order valence-corrected chi connectivity index (χ4v) is 7.51. The molecule has 0 saturated carbocycles. The zero-order chi connectivity index (χ0) is 31.4. The fraction of sp³-hybridized carbons (Fsp3) is 0.571. The van der Waals surface area contributed by atoms with E-state index in [1.54, 1.807) is 19.1 Å². The molecule has 8 nitrogen and oxygen atoms in total. The minimum absolute atomic E-state index is 0.0478. The monoisotopic (exact) mass is 607 g/mol. The Balaban J connectivity index is 1.47. The molecule has 3 aliphatic heterocycles. The number of carboxylic acid groups (broad SMARTS) is 1. The molecule has 0 spiro atoms. The molecule has 0 aliphatic carbocycles. The van der Waals surface area contributed by atoms with E-state index in [0.717, 1.165) is 55.4 Å². The van der Waals surface area contributed by atoms with Crippen molar-refractivity contribution in [3.05, 3.63) is 58.9 Å². The van der Waals surface area contributed by atoms with Crippen molar-refractivity contribution in [2.24, 2.45) is 5.92 Å². The highest BCUT2D eigenvalue weighted by Gasteiger charge is 2.48. The summed E-state index contributed by atoms with van der Waals surface area (Å²) < 4.78 is 20.0. The van der Waals surface area contributed by atoms with Gasteiger partial charge in [-0.3, -0.25) is 19.3 Å². The molecule has 3 heterocycles. The third-order valence-corrected chi connectivity index (χ3v) is 9.68. The molecule has 44 heavy (non-hydrogen) atoms. The summed E-state index contributed by atoms with van der Waals surface area (Å²) >= 11 is 0. The molecule has 3 atom stereocenters. The summed E-state index contributed by atoms with van der Waals surface area (Å²) in [6.07, 6.45) is 6.03. The van der Waals surface area contributed by atoms with Crippen molar-refractivity contribution >= 4 is 23.5 Å². The lowest BCUT2D eigenvalue weighted by atomic mass is 9.83. The van der Waals surface area contributed by atoms with Crippen LogP contribution in [0.4, 0.5) is 10.1 Å². The van der Waals surface area contributed by atoms with Crippen LogP contribution in [0.1, 0.15) is 81.4 Å². The molecule has 0 radical (unpaired) electrons. The normalized spacial score (nSPS) is 21.6. The van der Waals surface area contributed by atoms with Crippen molar-refractivity contribution in [3.63, 3.8) is 0 Å². The summed E-state index contributed by atoms with van der Waals surface area (Å²) in [5.74, 6) is -1.41. The number of amides is 2. The second kappa shape index (κ2) is 14.1. The molecule has 0 unspecified atom stereocenters. The molecule has 3 aliphatic rings. The molecule has 2 saturated heterocycles. The summed E-state index contributed by atoms with van der Waals surface area (Å²) in [6.45, 7) is 8.14. The number of ether oxygens (including phenoxy) is 1. The average molecular weight is 608 g/mol. The predicted octanol–water partition coefficient (Wildman–Crippen LogP) is 5.55. The Morgan fingerprint density at radius 2 is 1.89 bits per heavy atom. The lowest BCUT2D eigenvalue weighted by molar-refractivity contribution is -0.143. The van der Waals surface area contributed by atoms with Crippen LogP contribution >= 0.6 is 0 Å². The molecule has 0 bridgehead atoms. The Morgan fingerprint density at radius 1 is 1.11 bits per heavy atom. The van der Waals surface area contributed by atoms with Crippen LogP contribution in [0.5, 0.6) is 5.75 Å². The van der Waals surface area contributed by atoms with Gasteiger partial charge in [0.1, 0.15) is 11.6 Å². The zero-order valence-corrected chi connectivity index (χ0v) is 26.3. The second-order valence-electron chi connectivity index (χ2n) is 12.6. The molecule has 2 fully saturated rings. The number of carbonyl (C=O) groups excluding carboxylic acids is 2. The van der Waals surface area contributed by atoms with E-state index in [1.807, 2.05) is 26.8 Å². The van der Waals surface area contributed by atoms with E-state index in [9.17, 15) is 23.9 Å². The van der Waals surface area contributed by atoms with Crippen LogP contribution in [0.3, 0.4) is 0 Å². The molecule has 2 aromatic carbocycles.